The zero-order valence-electron chi connectivity index (χ0n) is 8.54. The van der Waals surface area contributed by atoms with Crippen LogP contribution in [0.3, 0.4) is 0 Å². The van der Waals surface area contributed by atoms with E-state index < -0.39 is 4.92 Å². The monoisotopic (exact) mass is 253 g/mol. The van der Waals surface area contributed by atoms with Crippen molar-refractivity contribution in [3.63, 3.8) is 0 Å². The molecule has 0 aliphatic rings. The maximum absolute atomic E-state index is 10.4. The van der Waals surface area contributed by atoms with Gasteiger partial charge < -0.3 is 17.1 Å². The van der Waals surface area contributed by atoms with Crippen molar-refractivity contribution in [3.05, 3.63) is 53.0 Å². The van der Waals surface area contributed by atoms with Gasteiger partial charge in [-0.1, -0.05) is 0 Å². The average Bonchev–Trinajstić information content (AvgIpc) is 2.31. The molecule has 0 atom stereocenters. The molecule has 0 aliphatic carbocycles. The van der Waals surface area contributed by atoms with E-state index in [1.54, 1.807) is 24.5 Å². The third-order valence-corrected chi connectivity index (χ3v) is 1.83. The second-order valence-electron chi connectivity index (χ2n) is 2.95. The quantitative estimate of drug-likeness (QED) is 0.498. The van der Waals surface area contributed by atoms with Crippen LogP contribution in [0.2, 0.25) is 0 Å². The Balaban J connectivity index is 0.00000144. The highest BCUT2D eigenvalue weighted by molar-refractivity contribution is 5.30. The summed E-state index contributed by atoms with van der Waals surface area (Å²) >= 11 is 0. The van der Waals surface area contributed by atoms with Gasteiger partial charge in [0.25, 0.3) is 5.69 Å². The number of H-pyrrole nitrogens is 1. The van der Waals surface area contributed by atoms with E-state index in [0.717, 1.165) is 6.20 Å². The van der Waals surface area contributed by atoms with Gasteiger partial charge in [0.1, 0.15) is 6.20 Å². The van der Waals surface area contributed by atoms with Crippen LogP contribution < -0.4 is 22.1 Å². The molecule has 0 aliphatic heterocycles. The fourth-order valence-electron chi connectivity index (χ4n) is 1.10. The molecular formula is C10H8ClN3O3. The fraction of sp³-hybridized carbons (Fsp3) is 0. The summed E-state index contributed by atoms with van der Waals surface area (Å²) < 4.78 is 5.35. The molecule has 88 valence electrons. The van der Waals surface area contributed by atoms with Crippen molar-refractivity contribution in [1.82, 2.24) is 4.98 Å². The summed E-state index contributed by atoms with van der Waals surface area (Å²) in [5.41, 5.74) is -0.0630. The predicted octanol–water partition coefficient (Wildman–Crippen LogP) is -1.40. The standard InChI is InChI=1S/C10H7N3O3.ClH/c14-13(15)8-3-4-10(12-6-8)16-9-2-1-5-11-7-9;/h1-7H;1H. The number of aromatic amines is 1. The van der Waals surface area contributed by atoms with E-state index in [1.807, 2.05) is 0 Å². The fourth-order valence-corrected chi connectivity index (χ4v) is 1.10. The van der Waals surface area contributed by atoms with Crippen molar-refractivity contribution in [2.24, 2.45) is 0 Å². The second-order valence-corrected chi connectivity index (χ2v) is 2.95. The minimum atomic E-state index is -0.507. The first-order chi connectivity index (χ1) is 7.75. The first-order valence-electron chi connectivity index (χ1n) is 4.50. The largest absolute Gasteiger partial charge is 1.00 e. The Morgan fingerprint density at radius 2 is 2.18 bits per heavy atom. The van der Waals surface area contributed by atoms with Crippen molar-refractivity contribution in [2.75, 3.05) is 0 Å². The topological polar surface area (TPSA) is 79.4 Å². The van der Waals surface area contributed by atoms with Crippen molar-refractivity contribution >= 4 is 5.69 Å². The molecule has 6 nitrogen and oxygen atoms in total. The van der Waals surface area contributed by atoms with Crippen molar-refractivity contribution < 1.29 is 27.1 Å². The van der Waals surface area contributed by atoms with Crippen molar-refractivity contribution in [2.45, 2.75) is 0 Å². The first-order valence-corrected chi connectivity index (χ1v) is 4.50. The number of hydrogen-bond donors (Lipinski definition) is 0. The Hall–Kier alpha value is -2.21. The molecule has 0 amide bonds. The van der Waals surface area contributed by atoms with E-state index in [4.69, 9.17) is 4.74 Å². The Kier molecular flexibility index (Phi) is 4.36. The summed E-state index contributed by atoms with van der Waals surface area (Å²) in [6.07, 6.45) is 4.56. The normalized spacial score (nSPS) is 9.18. The number of rotatable bonds is 3. The summed E-state index contributed by atoms with van der Waals surface area (Å²) in [4.78, 5) is 16.6. The predicted molar refractivity (Wildman–Crippen MR) is 54.0 cm³/mol. The average molecular weight is 254 g/mol. The lowest BCUT2D eigenvalue weighted by atomic mass is 10.4. The van der Waals surface area contributed by atoms with Crippen LogP contribution >= 0.6 is 0 Å². The van der Waals surface area contributed by atoms with Crippen molar-refractivity contribution in [3.8, 4) is 11.6 Å². The molecule has 2 aromatic heterocycles. The Morgan fingerprint density at radius 3 is 2.71 bits per heavy atom. The number of nitrogens with zero attached hydrogens (tertiary/aromatic N) is 2. The van der Waals surface area contributed by atoms with Gasteiger partial charge in [-0.15, -0.1) is 0 Å². The van der Waals surface area contributed by atoms with E-state index in [9.17, 15) is 10.1 Å². The number of halogens is 1. The van der Waals surface area contributed by atoms with Crippen LogP contribution in [-0.2, 0) is 0 Å². The van der Waals surface area contributed by atoms with E-state index in [1.165, 1.54) is 12.1 Å². The van der Waals surface area contributed by atoms with E-state index in [-0.39, 0.29) is 18.1 Å². The molecule has 0 radical (unpaired) electrons. The van der Waals surface area contributed by atoms with Crippen LogP contribution in [0.15, 0.2) is 42.9 Å². The van der Waals surface area contributed by atoms with Gasteiger partial charge in [-0.3, -0.25) is 10.1 Å². The molecule has 7 heteroatoms. The molecule has 17 heavy (non-hydrogen) atoms. The van der Waals surface area contributed by atoms with E-state index >= 15 is 0 Å². The Bertz CT molecular complexity index is 490. The first kappa shape index (κ1) is 12.9. The van der Waals surface area contributed by atoms with Gasteiger partial charge in [0.05, 0.1) is 4.92 Å². The lowest BCUT2D eigenvalue weighted by Gasteiger charge is -2.00. The van der Waals surface area contributed by atoms with Gasteiger partial charge in [0, 0.05) is 18.2 Å². The highest BCUT2D eigenvalue weighted by Crippen LogP contribution is 2.19. The van der Waals surface area contributed by atoms with Crippen molar-refractivity contribution in [1.29, 1.82) is 0 Å². The molecule has 1 N–H and O–H groups in total. The van der Waals surface area contributed by atoms with Gasteiger partial charge >= 0.3 is 0 Å². The van der Waals surface area contributed by atoms with Crippen LogP contribution in [0.25, 0.3) is 0 Å². The van der Waals surface area contributed by atoms with Gasteiger partial charge in [0.15, 0.2) is 11.9 Å². The van der Waals surface area contributed by atoms with Gasteiger partial charge in [0.2, 0.25) is 12.1 Å². The lowest BCUT2D eigenvalue weighted by Crippen LogP contribution is -3.00. The molecule has 0 fully saturated rings. The number of ether oxygens (including phenoxy) is 1. The summed E-state index contributed by atoms with van der Waals surface area (Å²) in [7, 11) is 0. The third kappa shape index (κ3) is 3.39. The van der Waals surface area contributed by atoms with Crippen LogP contribution in [-0.4, -0.2) is 9.91 Å². The lowest BCUT2D eigenvalue weighted by molar-refractivity contribution is -0.385. The number of hydrogen-bond acceptors (Lipinski definition) is 4. The maximum Gasteiger partial charge on any atom is 0.287 e. The highest BCUT2D eigenvalue weighted by atomic mass is 35.5. The van der Waals surface area contributed by atoms with Crippen LogP contribution in [0, 0.1) is 10.1 Å². The zero-order valence-corrected chi connectivity index (χ0v) is 9.29. The molecule has 2 rings (SSSR count). The number of pyridine rings is 2. The second kappa shape index (κ2) is 5.76. The van der Waals surface area contributed by atoms with Gasteiger partial charge in [-0.2, -0.15) is 0 Å². The SMILES string of the molecule is O=[N+]([O-])c1ccc(Oc2ccc[nH+]c2)nc1.[Cl-]. The zero-order chi connectivity index (χ0) is 11.4. The molecule has 0 bridgehead atoms. The Morgan fingerprint density at radius 1 is 1.35 bits per heavy atom. The summed E-state index contributed by atoms with van der Waals surface area (Å²) in [5.74, 6) is 0.897. The molecule has 2 aromatic rings. The summed E-state index contributed by atoms with van der Waals surface area (Å²) in [6.45, 7) is 0. The van der Waals surface area contributed by atoms with E-state index in [2.05, 4.69) is 9.97 Å². The number of nitrogens with one attached hydrogen (secondary N) is 1. The molecule has 0 unspecified atom stereocenters. The van der Waals surface area contributed by atoms with E-state index in [0.29, 0.717) is 11.6 Å². The Labute approximate surface area is 103 Å². The molecular weight excluding hydrogens is 246 g/mol. The summed E-state index contributed by atoms with van der Waals surface area (Å²) in [5, 5.41) is 10.4. The van der Waals surface area contributed by atoms with Gasteiger partial charge in [-0.05, 0) is 6.07 Å². The van der Waals surface area contributed by atoms with Crippen LogP contribution in [0.1, 0.15) is 0 Å². The number of nitro groups is 1. The highest BCUT2D eigenvalue weighted by Gasteiger charge is 2.06. The summed E-state index contributed by atoms with van der Waals surface area (Å²) in [6, 6.07) is 6.32. The molecule has 2 heterocycles. The smallest absolute Gasteiger partial charge is 0.287 e. The number of aromatic nitrogens is 2. The minimum absolute atomic E-state index is 0. The van der Waals surface area contributed by atoms with Crippen LogP contribution in [0.4, 0.5) is 5.69 Å². The maximum atomic E-state index is 10.4. The van der Waals surface area contributed by atoms with Crippen LogP contribution in [0.5, 0.6) is 11.6 Å². The molecule has 0 aromatic carbocycles. The minimum Gasteiger partial charge on any atom is -1.00 e. The molecule has 0 saturated heterocycles. The third-order valence-electron chi connectivity index (χ3n) is 1.83. The molecule has 0 spiro atoms. The van der Waals surface area contributed by atoms with Gasteiger partial charge in [-0.25, -0.2) is 9.97 Å². The molecule has 0 saturated carbocycles.